The van der Waals surface area contributed by atoms with E-state index < -0.39 is 5.60 Å². The number of amides is 2. The molecule has 1 N–H and O–H groups in total. The molecule has 1 atom stereocenters. The smallest absolute Gasteiger partial charge is 0.410 e. The number of hydrogen-bond acceptors (Lipinski definition) is 4. The van der Waals surface area contributed by atoms with E-state index in [0.29, 0.717) is 25.9 Å². The first-order valence-corrected chi connectivity index (χ1v) is 8.98. The number of nitrogens with one attached hydrogen (secondary N) is 1. The molecule has 0 spiro atoms. The highest BCUT2D eigenvalue weighted by Crippen LogP contribution is 2.19. The Morgan fingerprint density at radius 3 is 2.84 bits per heavy atom. The van der Waals surface area contributed by atoms with Crippen molar-refractivity contribution >= 4 is 12.0 Å². The monoisotopic (exact) mass is 347 g/mol. The molecule has 1 aromatic rings. The van der Waals surface area contributed by atoms with E-state index in [1.165, 1.54) is 0 Å². The number of hydrogen-bond donors (Lipinski definition) is 1. The molecular formula is C19H29N3O3. The van der Waals surface area contributed by atoms with Crippen LogP contribution < -0.4 is 5.32 Å². The van der Waals surface area contributed by atoms with Gasteiger partial charge in [-0.1, -0.05) is 6.07 Å². The van der Waals surface area contributed by atoms with Crippen LogP contribution in [0.2, 0.25) is 0 Å². The molecule has 6 nitrogen and oxygen atoms in total. The quantitative estimate of drug-likeness (QED) is 0.889. The zero-order chi connectivity index (χ0) is 18.3. The molecule has 0 aliphatic carbocycles. The molecular weight excluding hydrogens is 318 g/mol. The minimum absolute atomic E-state index is 0.0278. The van der Waals surface area contributed by atoms with Crippen molar-refractivity contribution < 1.29 is 14.3 Å². The van der Waals surface area contributed by atoms with Gasteiger partial charge in [0, 0.05) is 37.9 Å². The average molecular weight is 347 g/mol. The standard InChI is InChI=1S/C19H29N3O3/c1-19(2,3)25-18(24)22-12-6-7-15(14-22)13-21-17(23)10-9-16-8-4-5-11-20-16/h4-5,8,11,15H,6-7,9-10,12-14H2,1-3H3,(H,21,23). The largest absolute Gasteiger partial charge is 0.444 e. The third-order valence-electron chi connectivity index (χ3n) is 4.09. The Balaban J connectivity index is 1.71. The molecule has 0 aromatic carbocycles. The fourth-order valence-electron chi connectivity index (χ4n) is 2.86. The van der Waals surface area contributed by atoms with E-state index in [1.54, 1.807) is 11.1 Å². The third-order valence-corrected chi connectivity index (χ3v) is 4.09. The number of aromatic nitrogens is 1. The highest BCUT2D eigenvalue weighted by atomic mass is 16.6. The lowest BCUT2D eigenvalue weighted by Gasteiger charge is -2.34. The molecule has 0 radical (unpaired) electrons. The molecule has 0 bridgehead atoms. The van der Waals surface area contributed by atoms with Gasteiger partial charge in [0.05, 0.1) is 0 Å². The average Bonchev–Trinajstić information content (AvgIpc) is 2.58. The maximum Gasteiger partial charge on any atom is 0.410 e. The van der Waals surface area contributed by atoms with Gasteiger partial charge in [0.15, 0.2) is 0 Å². The van der Waals surface area contributed by atoms with Crippen molar-refractivity contribution in [1.82, 2.24) is 15.2 Å². The summed E-state index contributed by atoms with van der Waals surface area (Å²) in [4.78, 5) is 30.2. The summed E-state index contributed by atoms with van der Waals surface area (Å²) in [5, 5.41) is 2.98. The zero-order valence-corrected chi connectivity index (χ0v) is 15.5. The maximum absolute atomic E-state index is 12.2. The zero-order valence-electron chi connectivity index (χ0n) is 15.5. The number of carbonyl (C=O) groups excluding carboxylic acids is 2. The van der Waals surface area contributed by atoms with Gasteiger partial charge < -0.3 is 15.0 Å². The van der Waals surface area contributed by atoms with Crippen molar-refractivity contribution in [3.63, 3.8) is 0 Å². The van der Waals surface area contributed by atoms with E-state index in [9.17, 15) is 9.59 Å². The number of carbonyl (C=O) groups is 2. The fourth-order valence-corrected chi connectivity index (χ4v) is 2.86. The SMILES string of the molecule is CC(C)(C)OC(=O)N1CCCC(CNC(=O)CCc2ccccn2)C1. The number of likely N-dealkylation sites (tertiary alicyclic amines) is 1. The highest BCUT2D eigenvalue weighted by Gasteiger charge is 2.27. The molecule has 1 aliphatic heterocycles. The molecule has 1 fully saturated rings. The highest BCUT2D eigenvalue weighted by molar-refractivity contribution is 5.76. The second-order valence-electron chi connectivity index (χ2n) is 7.56. The Labute approximate surface area is 150 Å². The molecule has 2 amide bonds. The normalized spacial score (nSPS) is 17.9. The van der Waals surface area contributed by atoms with E-state index in [-0.39, 0.29) is 17.9 Å². The Bertz CT molecular complexity index is 569. The lowest BCUT2D eigenvalue weighted by atomic mass is 9.98. The molecule has 25 heavy (non-hydrogen) atoms. The summed E-state index contributed by atoms with van der Waals surface area (Å²) in [6, 6.07) is 5.71. The Hall–Kier alpha value is -2.11. The number of piperidine rings is 1. The summed E-state index contributed by atoms with van der Waals surface area (Å²) in [6.07, 6.45) is 4.49. The van der Waals surface area contributed by atoms with Crippen LogP contribution in [0.3, 0.4) is 0 Å². The first-order chi connectivity index (χ1) is 11.8. The predicted molar refractivity (Wildman–Crippen MR) is 96.1 cm³/mol. The second-order valence-corrected chi connectivity index (χ2v) is 7.56. The van der Waals surface area contributed by atoms with Crippen LogP contribution in [0.5, 0.6) is 0 Å². The van der Waals surface area contributed by atoms with Gasteiger partial charge in [0.25, 0.3) is 0 Å². The van der Waals surface area contributed by atoms with E-state index in [0.717, 1.165) is 25.1 Å². The van der Waals surface area contributed by atoms with Crippen LogP contribution in [-0.2, 0) is 16.0 Å². The van der Waals surface area contributed by atoms with Gasteiger partial charge in [-0.3, -0.25) is 9.78 Å². The topological polar surface area (TPSA) is 71.5 Å². The van der Waals surface area contributed by atoms with Crippen molar-refractivity contribution in [2.45, 2.75) is 52.1 Å². The number of nitrogens with zero attached hydrogens (tertiary/aromatic N) is 2. The van der Waals surface area contributed by atoms with Crippen molar-refractivity contribution in [2.24, 2.45) is 5.92 Å². The van der Waals surface area contributed by atoms with Gasteiger partial charge in [-0.25, -0.2) is 4.79 Å². The van der Waals surface area contributed by atoms with Crippen LogP contribution in [0.25, 0.3) is 0 Å². The van der Waals surface area contributed by atoms with Gasteiger partial charge in [-0.05, 0) is 58.1 Å². The summed E-state index contributed by atoms with van der Waals surface area (Å²) in [6.45, 7) is 7.56. The van der Waals surface area contributed by atoms with Crippen molar-refractivity contribution in [1.29, 1.82) is 0 Å². The van der Waals surface area contributed by atoms with Crippen molar-refractivity contribution in [3.8, 4) is 0 Å². The summed E-state index contributed by atoms with van der Waals surface area (Å²) < 4.78 is 5.43. The van der Waals surface area contributed by atoms with E-state index in [4.69, 9.17) is 4.74 Å². The molecule has 2 rings (SSSR count). The molecule has 1 aliphatic rings. The van der Waals surface area contributed by atoms with Gasteiger partial charge in [0.1, 0.15) is 5.60 Å². The van der Waals surface area contributed by atoms with Gasteiger partial charge in [-0.2, -0.15) is 0 Å². The molecule has 138 valence electrons. The van der Waals surface area contributed by atoms with Crippen LogP contribution in [0.1, 0.15) is 45.7 Å². The lowest BCUT2D eigenvalue weighted by molar-refractivity contribution is -0.121. The number of rotatable bonds is 5. The summed E-state index contributed by atoms with van der Waals surface area (Å²) in [5.41, 5.74) is 0.440. The lowest BCUT2D eigenvalue weighted by Crippen LogP contribution is -2.45. The van der Waals surface area contributed by atoms with E-state index in [1.807, 2.05) is 39.0 Å². The Kier molecular flexibility index (Phi) is 6.79. The second kappa shape index (κ2) is 8.83. The number of pyridine rings is 1. The van der Waals surface area contributed by atoms with Crippen LogP contribution in [0, 0.1) is 5.92 Å². The number of ether oxygens (including phenoxy) is 1. The maximum atomic E-state index is 12.2. The fraction of sp³-hybridized carbons (Fsp3) is 0.632. The number of aryl methyl sites for hydroxylation is 1. The van der Waals surface area contributed by atoms with E-state index >= 15 is 0 Å². The molecule has 2 heterocycles. The molecule has 1 aromatic heterocycles. The van der Waals surface area contributed by atoms with Crippen molar-refractivity contribution in [3.05, 3.63) is 30.1 Å². The molecule has 1 saturated heterocycles. The van der Waals surface area contributed by atoms with Crippen LogP contribution in [0.4, 0.5) is 4.79 Å². The molecule has 1 unspecified atom stereocenters. The van der Waals surface area contributed by atoms with Crippen LogP contribution >= 0.6 is 0 Å². The minimum Gasteiger partial charge on any atom is -0.444 e. The first kappa shape index (κ1) is 19.2. The van der Waals surface area contributed by atoms with Crippen LogP contribution in [0.15, 0.2) is 24.4 Å². The Morgan fingerprint density at radius 1 is 1.36 bits per heavy atom. The third kappa shape index (κ3) is 7.11. The van der Waals surface area contributed by atoms with Crippen LogP contribution in [-0.4, -0.2) is 47.1 Å². The summed E-state index contributed by atoms with van der Waals surface area (Å²) >= 11 is 0. The van der Waals surface area contributed by atoms with Gasteiger partial charge in [0.2, 0.25) is 5.91 Å². The summed E-state index contributed by atoms with van der Waals surface area (Å²) in [7, 11) is 0. The summed E-state index contributed by atoms with van der Waals surface area (Å²) in [5.74, 6) is 0.306. The van der Waals surface area contributed by atoms with Gasteiger partial charge in [-0.15, -0.1) is 0 Å². The minimum atomic E-state index is -0.482. The Morgan fingerprint density at radius 2 is 2.16 bits per heavy atom. The van der Waals surface area contributed by atoms with Gasteiger partial charge >= 0.3 is 6.09 Å². The predicted octanol–water partition coefficient (Wildman–Crippen LogP) is 2.78. The molecule has 6 heteroatoms. The molecule has 0 saturated carbocycles. The first-order valence-electron chi connectivity index (χ1n) is 8.98. The van der Waals surface area contributed by atoms with E-state index in [2.05, 4.69) is 10.3 Å². The van der Waals surface area contributed by atoms with Crippen molar-refractivity contribution in [2.75, 3.05) is 19.6 Å².